The highest BCUT2D eigenvalue weighted by atomic mass is 28.3. The summed E-state index contributed by atoms with van der Waals surface area (Å²) < 4.78 is 0. The number of aromatic amines is 1. The van der Waals surface area contributed by atoms with Crippen LogP contribution in [0.2, 0.25) is 19.6 Å². The monoisotopic (exact) mass is 407 g/mol. The zero-order valence-corrected chi connectivity index (χ0v) is 19.0. The summed E-state index contributed by atoms with van der Waals surface area (Å²) in [6.45, 7) is 13.6. The van der Waals surface area contributed by atoms with Crippen LogP contribution in [0.25, 0.3) is 11.4 Å². The first-order chi connectivity index (χ1) is 13.6. The van der Waals surface area contributed by atoms with E-state index >= 15 is 0 Å². The summed E-state index contributed by atoms with van der Waals surface area (Å²) in [7, 11) is -1.57. The molecule has 29 heavy (non-hydrogen) atoms. The van der Waals surface area contributed by atoms with Crippen LogP contribution in [0.4, 0.5) is 0 Å². The van der Waals surface area contributed by atoms with Gasteiger partial charge in [-0.15, -0.1) is 0 Å². The van der Waals surface area contributed by atoms with Gasteiger partial charge in [0.15, 0.2) is 0 Å². The van der Waals surface area contributed by atoms with Gasteiger partial charge in [-0.25, -0.2) is 0 Å². The third kappa shape index (κ3) is 4.98. The number of H-pyrrole nitrogens is 1. The first-order valence-electron chi connectivity index (χ1n) is 9.81. The second-order valence-electron chi connectivity index (χ2n) is 9.09. The summed E-state index contributed by atoms with van der Waals surface area (Å²) in [6.07, 6.45) is 1.62. The van der Waals surface area contributed by atoms with Gasteiger partial charge in [0.1, 0.15) is 11.4 Å². The highest BCUT2D eigenvalue weighted by Crippen LogP contribution is 2.24. The Bertz CT molecular complexity index is 1010. The fraction of sp³-hybridized carbons (Fsp3) is 0.364. The van der Waals surface area contributed by atoms with E-state index in [1.54, 1.807) is 18.3 Å². The molecule has 3 heterocycles. The Morgan fingerprint density at radius 1 is 1.14 bits per heavy atom. The molecule has 152 valence electrons. The average molecular weight is 408 g/mol. The molecule has 0 spiro atoms. The number of nitrogens with one attached hydrogen (secondary N) is 2. The maximum atomic E-state index is 12.4. The Kier molecular flexibility index (Phi) is 5.70. The standard InChI is InChI=1S/C22H29N5OSi/c1-15-11-19(27-26-15)18-12-16(29(4,5)6)13-20(25-18)22(2,3)14-24-21(28)17-9-7-8-10-23-17/h7-13H,14H2,1-6H3,(H,24,28)(H,26,27). The van der Waals surface area contributed by atoms with Gasteiger partial charge in [-0.3, -0.25) is 19.9 Å². The summed E-state index contributed by atoms with van der Waals surface area (Å²) >= 11 is 0. The van der Waals surface area contributed by atoms with Crippen molar-refractivity contribution in [2.75, 3.05) is 6.54 Å². The molecule has 3 aromatic rings. The average Bonchev–Trinajstić information content (AvgIpc) is 3.12. The van der Waals surface area contributed by atoms with E-state index in [2.05, 4.69) is 66.1 Å². The lowest BCUT2D eigenvalue weighted by Crippen LogP contribution is -2.41. The van der Waals surface area contributed by atoms with Crippen molar-refractivity contribution in [3.8, 4) is 11.4 Å². The predicted molar refractivity (Wildman–Crippen MR) is 119 cm³/mol. The molecular weight excluding hydrogens is 378 g/mol. The summed E-state index contributed by atoms with van der Waals surface area (Å²) in [5.74, 6) is -0.178. The van der Waals surface area contributed by atoms with Crippen LogP contribution >= 0.6 is 0 Å². The molecule has 0 aliphatic heterocycles. The van der Waals surface area contributed by atoms with E-state index in [9.17, 15) is 4.79 Å². The van der Waals surface area contributed by atoms with Gasteiger partial charge in [-0.2, -0.15) is 5.10 Å². The van der Waals surface area contributed by atoms with Gasteiger partial charge >= 0.3 is 0 Å². The Labute approximate surface area is 173 Å². The number of hydrogen-bond acceptors (Lipinski definition) is 4. The van der Waals surface area contributed by atoms with E-state index in [4.69, 9.17) is 4.98 Å². The molecule has 1 amide bonds. The fourth-order valence-corrected chi connectivity index (χ4v) is 4.11. The lowest BCUT2D eigenvalue weighted by atomic mass is 9.88. The number of pyridine rings is 2. The molecule has 0 aliphatic carbocycles. The van der Waals surface area contributed by atoms with Crippen LogP contribution in [0.3, 0.4) is 0 Å². The smallest absolute Gasteiger partial charge is 0.269 e. The topological polar surface area (TPSA) is 83.6 Å². The van der Waals surface area contributed by atoms with Crippen LogP contribution in [0.15, 0.2) is 42.6 Å². The minimum absolute atomic E-state index is 0.178. The van der Waals surface area contributed by atoms with Gasteiger partial charge < -0.3 is 5.32 Å². The van der Waals surface area contributed by atoms with E-state index in [0.717, 1.165) is 22.8 Å². The third-order valence-corrected chi connectivity index (χ3v) is 6.96. The van der Waals surface area contributed by atoms with Gasteiger partial charge in [0.05, 0.1) is 13.8 Å². The van der Waals surface area contributed by atoms with E-state index in [1.165, 1.54) is 5.19 Å². The van der Waals surface area contributed by atoms with E-state index in [1.807, 2.05) is 19.1 Å². The molecule has 0 saturated carbocycles. The molecule has 0 aromatic carbocycles. The number of carbonyl (C=O) groups excluding carboxylic acids is 1. The number of hydrogen-bond donors (Lipinski definition) is 2. The maximum absolute atomic E-state index is 12.4. The lowest BCUT2D eigenvalue weighted by molar-refractivity contribution is 0.0940. The van der Waals surface area contributed by atoms with Crippen LogP contribution in [0, 0.1) is 6.92 Å². The van der Waals surface area contributed by atoms with Crippen LogP contribution in [-0.2, 0) is 5.41 Å². The Morgan fingerprint density at radius 3 is 2.48 bits per heavy atom. The first-order valence-corrected chi connectivity index (χ1v) is 13.3. The largest absolute Gasteiger partial charge is 0.350 e. The van der Waals surface area contributed by atoms with Crippen molar-refractivity contribution in [3.63, 3.8) is 0 Å². The van der Waals surface area contributed by atoms with E-state index in [-0.39, 0.29) is 11.3 Å². The van der Waals surface area contributed by atoms with Crippen LogP contribution in [-0.4, -0.2) is 40.7 Å². The lowest BCUT2D eigenvalue weighted by Gasteiger charge is -2.27. The maximum Gasteiger partial charge on any atom is 0.269 e. The summed E-state index contributed by atoms with van der Waals surface area (Å²) in [4.78, 5) is 21.5. The van der Waals surface area contributed by atoms with E-state index < -0.39 is 8.07 Å². The predicted octanol–water partition coefficient (Wildman–Crippen LogP) is 3.43. The molecule has 0 aliphatic rings. The van der Waals surface area contributed by atoms with Gasteiger partial charge in [-0.05, 0) is 37.3 Å². The zero-order valence-electron chi connectivity index (χ0n) is 18.0. The van der Waals surface area contributed by atoms with E-state index in [0.29, 0.717) is 12.2 Å². The number of carbonyl (C=O) groups is 1. The second kappa shape index (κ2) is 7.91. The number of aryl methyl sites for hydroxylation is 1. The molecule has 0 bridgehead atoms. The molecule has 0 radical (unpaired) electrons. The zero-order chi connectivity index (χ0) is 21.2. The molecule has 6 nitrogen and oxygen atoms in total. The molecule has 0 fully saturated rings. The van der Waals surface area contributed by atoms with Crippen molar-refractivity contribution >= 4 is 19.2 Å². The summed E-state index contributed by atoms with van der Waals surface area (Å²) in [5, 5.41) is 11.7. The van der Waals surface area contributed by atoms with Gasteiger partial charge in [0.25, 0.3) is 5.91 Å². The van der Waals surface area contributed by atoms with Crippen molar-refractivity contribution < 1.29 is 4.79 Å². The summed E-state index contributed by atoms with van der Waals surface area (Å²) in [5.41, 5.74) is 3.74. The van der Waals surface area contributed by atoms with Gasteiger partial charge in [0, 0.05) is 29.5 Å². The number of aromatic nitrogens is 4. The molecule has 0 atom stereocenters. The Morgan fingerprint density at radius 2 is 1.90 bits per heavy atom. The van der Waals surface area contributed by atoms with Crippen molar-refractivity contribution in [2.24, 2.45) is 0 Å². The first kappa shape index (κ1) is 20.9. The SMILES string of the molecule is Cc1cc(-c2cc([Si](C)(C)C)cc(C(C)(C)CNC(=O)c3ccccn3)n2)n[nH]1. The molecule has 3 rings (SSSR count). The van der Waals surface area contributed by atoms with Crippen molar-refractivity contribution in [1.82, 2.24) is 25.5 Å². The normalized spacial score (nSPS) is 12.1. The molecule has 7 heteroatoms. The van der Waals surface area contributed by atoms with Crippen molar-refractivity contribution in [2.45, 2.75) is 45.8 Å². The van der Waals surface area contributed by atoms with Crippen molar-refractivity contribution in [3.05, 3.63) is 59.7 Å². The minimum atomic E-state index is -1.57. The fourth-order valence-electron chi connectivity index (χ4n) is 2.97. The van der Waals surface area contributed by atoms with Gasteiger partial charge in [-0.1, -0.05) is 44.7 Å². The quantitative estimate of drug-likeness (QED) is 0.613. The van der Waals surface area contributed by atoms with Crippen LogP contribution < -0.4 is 10.5 Å². The summed E-state index contributed by atoms with van der Waals surface area (Å²) in [6, 6.07) is 11.7. The highest BCUT2D eigenvalue weighted by molar-refractivity contribution is 6.88. The molecular formula is C22H29N5OSi. The Balaban J connectivity index is 1.91. The second-order valence-corrected chi connectivity index (χ2v) is 14.2. The minimum Gasteiger partial charge on any atom is -0.350 e. The van der Waals surface area contributed by atoms with Gasteiger partial charge in [0.2, 0.25) is 0 Å². The third-order valence-electron chi connectivity index (χ3n) is 4.94. The number of amides is 1. The molecule has 0 unspecified atom stereocenters. The number of rotatable bonds is 6. The molecule has 2 N–H and O–H groups in total. The number of nitrogens with zero attached hydrogens (tertiary/aromatic N) is 3. The molecule has 0 saturated heterocycles. The van der Waals surface area contributed by atoms with Crippen molar-refractivity contribution in [1.29, 1.82) is 0 Å². The molecule has 3 aromatic heterocycles. The Hall–Kier alpha value is -2.80. The highest BCUT2D eigenvalue weighted by Gasteiger charge is 2.27. The van der Waals surface area contributed by atoms with Crippen LogP contribution in [0.5, 0.6) is 0 Å². The van der Waals surface area contributed by atoms with Crippen LogP contribution in [0.1, 0.15) is 35.7 Å².